The number of aryl methyl sites for hydroxylation is 1. The molecule has 1 heterocycles. The average Bonchev–Trinajstić information content (AvgIpc) is 3.32. The molecule has 0 saturated carbocycles. The van der Waals surface area contributed by atoms with Gasteiger partial charge in [-0.1, -0.05) is 67.1 Å². The zero-order valence-corrected chi connectivity index (χ0v) is 21.7. The van der Waals surface area contributed by atoms with Crippen LogP contribution in [0.15, 0.2) is 91.0 Å². The molecule has 0 aliphatic carbocycles. The summed E-state index contributed by atoms with van der Waals surface area (Å²) in [7, 11) is 1.58. The molecular weight excluding hydrogens is 474 g/mol. The topological polar surface area (TPSA) is 65.4 Å². The first-order chi connectivity index (χ1) is 18.7. The Morgan fingerprint density at radius 1 is 0.842 bits per heavy atom. The molecule has 0 atom stereocenters. The third-order valence-electron chi connectivity index (χ3n) is 6.77. The van der Waals surface area contributed by atoms with Crippen molar-refractivity contribution < 1.29 is 14.3 Å². The Hall–Kier alpha value is -4.32. The molecule has 1 N–H and O–H groups in total. The van der Waals surface area contributed by atoms with Crippen molar-refractivity contribution in [3.63, 3.8) is 0 Å². The number of hydrogen-bond acceptors (Lipinski definition) is 4. The minimum Gasteiger partial charge on any atom is -0.496 e. The van der Waals surface area contributed by atoms with E-state index in [1.807, 2.05) is 42.5 Å². The van der Waals surface area contributed by atoms with E-state index in [9.17, 15) is 4.79 Å². The molecule has 6 heteroatoms. The van der Waals surface area contributed by atoms with E-state index in [4.69, 9.17) is 14.5 Å². The number of amides is 1. The summed E-state index contributed by atoms with van der Waals surface area (Å²) in [6.07, 6.45) is 3.79. The molecule has 0 unspecified atom stereocenters. The van der Waals surface area contributed by atoms with E-state index in [1.165, 1.54) is 5.39 Å². The van der Waals surface area contributed by atoms with Gasteiger partial charge in [0, 0.05) is 18.4 Å². The molecule has 5 rings (SSSR count). The van der Waals surface area contributed by atoms with Gasteiger partial charge in [0.1, 0.15) is 23.9 Å². The van der Waals surface area contributed by atoms with Crippen LogP contribution in [0.4, 0.5) is 0 Å². The molecule has 0 bridgehead atoms. The van der Waals surface area contributed by atoms with E-state index in [0.717, 1.165) is 60.2 Å². The number of carbonyl (C=O) groups is 1. The molecular formula is C32H33N3O3. The van der Waals surface area contributed by atoms with Crippen molar-refractivity contribution in [3.8, 4) is 11.5 Å². The van der Waals surface area contributed by atoms with Crippen molar-refractivity contribution in [3.05, 3.63) is 102 Å². The maximum absolute atomic E-state index is 12.5. The lowest BCUT2D eigenvalue weighted by Gasteiger charge is -2.12. The number of imidazole rings is 1. The number of fused-ring (bicyclic) bond motifs is 2. The average molecular weight is 508 g/mol. The molecule has 0 saturated heterocycles. The summed E-state index contributed by atoms with van der Waals surface area (Å²) in [4.78, 5) is 17.4. The monoisotopic (exact) mass is 507 g/mol. The highest BCUT2D eigenvalue weighted by molar-refractivity contribution is 5.96. The van der Waals surface area contributed by atoms with Crippen LogP contribution in [0.2, 0.25) is 0 Å². The van der Waals surface area contributed by atoms with Gasteiger partial charge in [-0.3, -0.25) is 4.79 Å². The second-order valence-corrected chi connectivity index (χ2v) is 9.26. The largest absolute Gasteiger partial charge is 0.496 e. The predicted octanol–water partition coefficient (Wildman–Crippen LogP) is 6.42. The van der Waals surface area contributed by atoms with Crippen molar-refractivity contribution in [2.24, 2.45) is 0 Å². The Balaban J connectivity index is 1.15. The SMILES string of the molecule is COc1ccccc1C(=O)NCCCCCc1nc2ccccc2n1CCOc1cccc2ccccc12. The molecule has 4 aromatic carbocycles. The highest BCUT2D eigenvalue weighted by Gasteiger charge is 2.12. The van der Waals surface area contributed by atoms with E-state index >= 15 is 0 Å². The molecule has 0 aliphatic heterocycles. The Labute approximate surface area is 223 Å². The number of nitrogens with one attached hydrogen (secondary N) is 1. The lowest BCUT2D eigenvalue weighted by Crippen LogP contribution is -2.24. The van der Waals surface area contributed by atoms with Gasteiger partial charge in [0.2, 0.25) is 0 Å². The number of aromatic nitrogens is 2. The van der Waals surface area contributed by atoms with Crippen molar-refractivity contribution in [2.45, 2.75) is 32.2 Å². The summed E-state index contributed by atoms with van der Waals surface area (Å²) >= 11 is 0. The Morgan fingerprint density at radius 3 is 2.53 bits per heavy atom. The van der Waals surface area contributed by atoms with Crippen LogP contribution in [0, 0.1) is 0 Å². The Bertz CT molecular complexity index is 1520. The zero-order chi connectivity index (χ0) is 26.2. The molecule has 194 valence electrons. The molecule has 6 nitrogen and oxygen atoms in total. The van der Waals surface area contributed by atoms with Crippen LogP contribution < -0.4 is 14.8 Å². The number of nitrogens with zero attached hydrogens (tertiary/aromatic N) is 2. The maximum Gasteiger partial charge on any atom is 0.255 e. The number of carbonyl (C=O) groups excluding carboxylic acids is 1. The van der Waals surface area contributed by atoms with Gasteiger partial charge in [-0.05, 0) is 48.6 Å². The summed E-state index contributed by atoms with van der Waals surface area (Å²) in [5.74, 6) is 2.47. The molecule has 0 radical (unpaired) electrons. The van der Waals surface area contributed by atoms with Gasteiger partial charge < -0.3 is 19.4 Å². The molecule has 38 heavy (non-hydrogen) atoms. The van der Waals surface area contributed by atoms with E-state index in [-0.39, 0.29) is 5.91 Å². The first kappa shape index (κ1) is 25.3. The second-order valence-electron chi connectivity index (χ2n) is 9.26. The number of methoxy groups -OCH3 is 1. The smallest absolute Gasteiger partial charge is 0.255 e. The Morgan fingerprint density at radius 2 is 1.61 bits per heavy atom. The predicted molar refractivity (Wildman–Crippen MR) is 152 cm³/mol. The van der Waals surface area contributed by atoms with Crippen molar-refractivity contribution in [1.82, 2.24) is 14.9 Å². The number of hydrogen-bond donors (Lipinski definition) is 1. The van der Waals surface area contributed by atoms with Crippen LogP contribution in [0.25, 0.3) is 21.8 Å². The standard InChI is InChI=1S/C32H33N3O3/c1-37-29-18-9-6-15-26(29)32(36)33-21-10-2-3-20-31-34-27-16-7-8-17-28(27)35(31)22-23-38-30-19-11-13-24-12-4-5-14-25(24)30/h4-9,11-19H,2-3,10,20-23H2,1H3,(H,33,36). The van der Waals surface area contributed by atoms with Gasteiger partial charge in [0.05, 0.1) is 30.3 Å². The molecule has 0 spiro atoms. The summed E-state index contributed by atoms with van der Waals surface area (Å²) < 4.78 is 13.8. The number of ether oxygens (including phenoxy) is 2. The number of unbranched alkanes of at least 4 members (excludes halogenated alkanes) is 2. The zero-order valence-electron chi connectivity index (χ0n) is 21.7. The van der Waals surface area contributed by atoms with Gasteiger partial charge in [-0.25, -0.2) is 4.98 Å². The van der Waals surface area contributed by atoms with Gasteiger partial charge in [0.15, 0.2) is 0 Å². The lowest BCUT2D eigenvalue weighted by atomic mass is 10.1. The number of para-hydroxylation sites is 3. The lowest BCUT2D eigenvalue weighted by molar-refractivity contribution is 0.0950. The summed E-state index contributed by atoms with van der Waals surface area (Å²) in [6.45, 7) is 1.93. The van der Waals surface area contributed by atoms with Crippen LogP contribution in [-0.4, -0.2) is 35.7 Å². The van der Waals surface area contributed by atoms with Crippen LogP contribution in [0.1, 0.15) is 35.4 Å². The van der Waals surface area contributed by atoms with Crippen molar-refractivity contribution in [1.29, 1.82) is 0 Å². The van der Waals surface area contributed by atoms with Crippen LogP contribution >= 0.6 is 0 Å². The van der Waals surface area contributed by atoms with Gasteiger partial charge in [0.25, 0.3) is 5.91 Å². The first-order valence-electron chi connectivity index (χ1n) is 13.2. The second kappa shape index (κ2) is 12.3. The highest BCUT2D eigenvalue weighted by atomic mass is 16.5. The minimum absolute atomic E-state index is 0.101. The fourth-order valence-electron chi connectivity index (χ4n) is 4.85. The normalized spacial score (nSPS) is 11.1. The number of rotatable bonds is 12. The quantitative estimate of drug-likeness (QED) is 0.198. The third-order valence-corrected chi connectivity index (χ3v) is 6.77. The molecule has 5 aromatic rings. The van der Waals surface area contributed by atoms with Crippen molar-refractivity contribution >= 4 is 27.7 Å². The summed E-state index contributed by atoms with van der Waals surface area (Å²) in [5.41, 5.74) is 2.71. The fourth-order valence-corrected chi connectivity index (χ4v) is 4.85. The fraction of sp³-hybridized carbons (Fsp3) is 0.250. The molecule has 0 fully saturated rings. The maximum atomic E-state index is 12.5. The molecule has 1 aromatic heterocycles. The molecule has 1 amide bonds. The summed E-state index contributed by atoms with van der Waals surface area (Å²) in [5, 5.41) is 5.31. The first-order valence-corrected chi connectivity index (χ1v) is 13.2. The van der Waals surface area contributed by atoms with E-state index in [0.29, 0.717) is 24.5 Å². The van der Waals surface area contributed by atoms with Gasteiger partial charge in [-0.15, -0.1) is 0 Å². The van der Waals surface area contributed by atoms with E-state index in [1.54, 1.807) is 19.2 Å². The van der Waals surface area contributed by atoms with Gasteiger partial charge >= 0.3 is 0 Å². The van der Waals surface area contributed by atoms with Gasteiger partial charge in [-0.2, -0.15) is 0 Å². The third kappa shape index (κ3) is 5.80. The van der Waals surface area contributed by atoms with Crippen LogP contribution in [0.3, 0.4) is 0 Å². The van der Waals surface area contributed by atoms with Crippen LogP contribution in [-0.2, 0) is 13.0 Å². The van der Waals surface area contributed by atoms with Crippen LogP contribution in [0.5, 0.6) is 11.5 Å². The number of benzene rings is 4. The van der Waals surface area contributed by atoms with E-state index < -0.39 is 0 Å². The Kier molecular flexibility index (Phi) is 8.19. The molecule has 0 aliphatic rings. The minimum atomic E-state index is -0.101. The van der Waals surface area contributed by atoms with E-state index in [2.05, 4.69) is 46.3 Å². The highest BCUT2D eigenvalue weighted by Crippen LogP contribution is 2.25. The summed E-state index contributed by atoms with van der Waals surface area (Å²) in [6, 6.07) is 30.0. The van der Waals surface area contributed by atoms with Crippen molar-refractivity contribution in [2.75, 3.05) is 20.3 Å².